The number of nitrogens with two attached hydrogens (primary N) is 1. The van der Waals surface area contributed by atoms with E-state index in [9.17, 15) is 14.9 Å². The van der Waals surface area contributed by atoms with Crippen LogP contribution in [0.15, 0.2) is 47.1 Å². The number of benzene rings is 1. The van der Waals surface area contributed by atoms with Gasteiger partial charge < -0.3 is 19.9 Å². The molecule has 2 aliphatic heterocycles. The molecular weight excluding hydrogens is 348 g/mol. The van der Waals surface area contributed by atoms with Gasteiger partial charge in [0.15, 0.2) is 11.2 Å². The topological polar surface area (TPSA) is 112 Å². The fourth-order valence-corrected chi connectivity index (χ4v) is 4.17. The van der Waals surface area contributed by atoms with Crippen LogP contribution < -0.4 is 5.73 Å². The Morgan fingerprint density at radius 1 is 1.37 bits per heavy atom. The van der Waals surface area contributed by atoms with E-state index >= 15 is 0 Å². The molecule has 0 saturated carbocycles. The zero-order valence-electron chi connectivity index (χ0n) is 15.2. The maximum atomic E-state index is 13.6. The molecule has 2 N–H and O–H groups in total. The van der Waals surface area contributed by atoms with E-state index in [1.54, 1.807) is 38.1 Å². The van der Waals surface area contributed by atoms with Crippen molar-refractivity contribution in [2.45, 2.75) is 39.1 Å². The highest BCUT2D eigenvalue weighted by atomic mass is 16.7. The molecule has 0 unspecified atom stereocenters. The molecule has 0 amide bonds. The standard InChI is InChI=1S/C20H18N2O5/c1-4-10(2)25-18(24)15-11(3)26-20-13-8-6-5-7-12(13)16(23)19(15,20)14(9-21)17(22)27-20/h5-8,10H,4,22H2,1-3H3/t10-,19-,20-/m1/s1. The first-order valence-electron chi connectivity index (χ1n) is 8.70. The number of hydrogen-bond acceptors (Lipinski definition) is 7. The lowest BCUT2D eigenvalue weighted by Gasteiger charge is -2.31. The number of hydrogen-bond donors (Lipinski definition) is 1. The van der Waals surface area contributed by atoms with E-state index in [4.69, 9.17) is 19.9 Å². The minimum absolute atomic E-state index is 0.0269. The largest absolute Gasteiger partial charge is 0.459 e. The summed E-state index contributed by atoms with van der Waals surface area (Å²) in [4.78, 5) is 26.6. The Labute approximate surface area is 156 Å². The summed E-state index contributed by atoms with van der Waals surface area (Å²) >= 11 is 0. The Kier molecular flexibility index (Phi) is 3.41. The molecule has 0 aromatic heterocycles. The van der Waals surface area contributed by atoms with E-state index in [-0.39, 0.29) is 28.9 Å². The molecule has 7 heteroatoms. The number of fused-ring (bicyclic) bond motifs is 1. The van der Waals surface area contributed by atoms with Crippen molar-refractivity contribution < 1.29 is 23.8 Å². The number of carbonyl (C=O) groups is 2. The molecule has 3 aliphatic rings. The predicted octanol–water partition coefficient (Wildman–Crippen LogP) is 2.39. The first-order valence-corrected chi connectivity index (χ1v) is 8.70. The lowest BCUT2D eigenvalue weighted by atomic mass is 9.69. The first-order chi connectivity index (χ1) is 12.8. The zero-order chi connectivity index (χ0) is 19.6. The van der Waals surface area contributed by atoms with Crippen LogP contribution in [-0.2, 0) is 24.8 Å². The van der Waals surface area contributed by atoms with Gasteiger partial charge in [0.2, 0.25) is 5.88 Å². The normalized spacial score (nSPS) is 28.7. The molecule has 1 aliphatic carbocycles. The van der Waals surface area contributed by atoms with Crippen LogP contribution in [0, 0.1) is 16.7 Å². The summed E-state index contributed by atoms with van der Waals surface area (Å²) < 4.78 is 17.3. The number of nitrogens with zero attached hydrogens (tertiary/aromatic N) is 1. The van der Waals surface area contributed by atoms with Gasteiger partial charge in [-0.2, -0.15) is 5.26 Å². The van der Waals surface area contributed by atoms with Gasteiger partial charge in [-0.25, -0.2) is 4.79 Å². The van der Waals surface area contributed by atoms with Crippen molar-refractivity contribution in [3.05, 3.63) is 58.2 Å². The van der Waals surface area contributed by atoms with Gasteiger partial charge in [0.25, 0.3) is 0 Å². The number of carbonyl (C=O) groups excluding carboxylic acids is 2. The Balaban J connectivity index is 2.00. The third-order valence-corrected chi connectivity index (χ3v) is 5.46. The molecule has 4 rings (SSSR count). The van der Waals surface area contributed by atoms with Gasteiger partial charge in [0, 0.05) is 11.1 Å². The molecule has 1 aromatic carbocycles. The van der Waals surface area contributed by atoms with E-state index in [0.717, 1.165) is 0 Å². The highest BCUT2D eigenvalue weighted by Gasteiger charge is 2.80. The molecule has 0 radical (unpaired) electrons. The van der Waals surface area contributed by atoms with Crippen molar-refractivity contribution >= 4 is 11.8 Å². The summed E-state index contributed by atoms with van der Waals surface area (Å²) in [5.74, 6) is -2.89. The fraction of sp³-hybridized carbons (Fsp3) is 0.350. The third-order valence-electron chi connectivity index (χ3n) is 5.46. The van der Waals surface area contributed by atoms with Crippen molar-refractivity contribution in [1.82, 2.24) is 0 Å². The highest BCUT2D eigenvalue weighted by Crippen LogP contribution is 2.69. The van der Waals surface area contributed by atoms with Gasteiger partial charge in [-0.3, -0.25) is 4.79 Å². The molecule has 1 aromatic rings. The molecule has 7 nitrogen and oxygen atoms in total. The predicted molar refractivity (Wildman–Crippen MR) is 92.4 cm³/mol. The minimum atomic E-state index is -1.79. The fourth-order valence-electron chi connectivity index (χ4n) is 4.17. The van der Waals surface area contributed by atoms with Crippen molar-refractivity contribution in [3.8, 4) is 6.07 Å². The smallest absolute Gasteiger partial charge is 0.339 e. The van der Waals surface area contributed by atoms with Crippen molar-refractivity contribution in [3.63, 3.8) is 0 Å². The number of ketones is 1. The molecule has 138 valence electrons. The van der Waals surface area contributed by atoms with E-state index < -0.39 is 23.0 Å². The van der Waals surface area contributed by atoms with E-state index in [0.29, 0.717) is 17.5 Å². The van der Waals surface area contributed by atoms with E-state index in [1.165, 1.54) is 0 Å². The molecule has 2 heterocycles. The molecule has 27 heavy (non-hydrogen) atoms. The average Bonchev–Trinajstić information content (AvgIpc) is 3.11. The van der Waals surface area contributed by atoms with Crippen LogP contribution in [0.4, 0.5) is 0 Å². The van der Waals surface area contributed by atoms with Crippen LogP contribution in [0.5, 0.6) is 0 Å². The van der Waals surface area contributed by atoms with Crippen molar-refractivity contribution in [2.75, 3.05) is 0 Å². The van der Waals surface area contributed by atoms with Crippen LogP contribution in [0.1, 0.15) is 43.1 Å². The van der Waals surface area contributed by atoms with Gasteiger partial charge in [0.05, 0.1) is 6.10 Å². The Morgan fingerprint density at radius 3 is 2.74 bits per heavy atom. The number of Topliss-reactive ketones (excluding diaryl/α,β-unsaturated/α-hetero) is 1. The lowest BCUT2D eigenvalue weighted by molar-refractivity contribution is -0.199. The van der Waals surface area contributed by atoms with Crippen LogP contribution in [0.3, 0.4) is 0 Å². The second-order valence-corrected chi connectivity index (χ2v) is 6.85. The maximum Gasteiger partial charge on any atom is 0.339 e. The molecule has 0 fully saturated rings. The first kappa shape index (κ1) is 17.2. The Bertz CT molecular complexity index is 1000. The third kappa shape index (κ3) is 1.75. The molecular formula is C20H18N2O5. The molecule has 0 bridgehead atoms. The number of ether oxygens (including phenoxy) is 3. The van der Waals surface area contributed by atoms with Crippen LogP contribution in [0.2, 0.25) is 0 Å². The Hall–Kier alpha value is -3.27. The van der Waals surface area contributed by atoms with Gasteiger partial charge in [-0.15, -0.1) is 0 Å². The van der Waals surface area contributed by atoms with Gasteiger partial charge >= 0.3 is 11.8 Å². The average molecular weight is 366 g/mol. The summed E-state index contributed by atoms with van der Waals surface area (Å²) in [6.45, 7) is 5.19. The number of nitriles is 1. The maximum absolute atomic E-state index is 13.6. The summed E-state index contributed by atoms with van der Waals surface area (Å²) in [5.41, 5.74) is 4.77. The second-order valence-electron chi connectivity index (χ2n) is 6.85. The second kappa shape index (κ2) is 5.36. The lowest BCUT2D eigenvalue weighted by Crippen LogP contribution is -2.45. The number of allylic oxidation sites excluding steroid dienone is 1. The zero-order valence-corrected chi connectivity index (χ0v) is 15.2. The molecule has 3 atom stereocenters. The van der Waals surface area contributed by atoms with Crippen LogP contribution in [0.25, 0.3) is 0 Å². The number of rotatable bonds is 3. The highest BCUT2D eigenvalue weighted by molar-refractivity contribution is 6.16. The monoisotopic (exact) mass is 366 g/mol. The van der Waals surface area contributed by atoms with Crippen molar-refractivity contribution in [2.24, 2.45) is 11.1 Å². The molecule has 0 spiro atoms. The van der Waals surface area contributed by atoms with E-state index in [1.807, 2.05) is 13.0 Å². The van der Waals surface area contributed by atoms with Gasteiger partial charge in [-0.05, 0) is 20.3 Å². The quantitative estimate of drug-likeness (QED) is 0.817. The van der Waals surface area contributed by atoms with Gasteiger partial charge in [0.1, 0.15) is 23.0 Å². The van der Waals surface area contributed by atoms with Gasteiger partial charge in [-0.1, -0.05) is 31.2 Å². The number of esters is 1. The summed E-state index contributed by atoms with van der Waals surface area (Å²) in [6, 6.07) is 8.70. The van der Waals surface area contributed by atoms with E-state index in [2.05, 4.69) is 0 Å². The SMILES string of the molecule is CC[C@@H](C)OC(=O)C1=C(C)O[C@]23OC(N)=C(C#N)[C@]12C(=O)c1ccccc13. The van der Waals surface area contributed by atoms with Crippen LogP contribution in [-0.4, -0.2) is 17.9 Å². The Morgan fingerprint density at radius 2 is 2.07 bits per heavy atom. The van der Waals surface area contributed by atoms with Crippen molar-refractivity contribution in [1.29, 1.82) is 5.26 Å². The molecule has 0 saturated heterocycles. The summed E-state index contributed by atoms with van der Waals surface area (Å²) in [6.07, 6.45) is 0.238. The van der Waals surface area contributed by atoms with Crippen LogP contribution >= 0.6 is 0 Å². The summed E-state index contributed by atoms with van der Waals surface area (Å²) in [7, 11) is 0. The minimum Gasteiger partial charge on any atom is -0.459 e. The summed E-state index contributed by atoms with van der Waals surface area (Å²) in [5, 5.41) is 9.78.